The zero-order valence-electron chi connectivity index (χ0n) is 17.5. The van der Waals surface area contributed by atoms with Crippen molar-refractivity contribution in [1.82, 2.24) is 10.2 Å². The Hall–Kier alpha value is -2.41. The molecule has 6 N–H and O–H groups in total. The first kappa shape index (κ1) is 20.8. The number of nitrogen functional groups attached to an aromatic ring is 1. The molecule has 1 aliphatic heterocycles. The molecular formula is C23H33N5O2. The fourth-order valence-corrected chi connectivity index (χ4v) is 5.40. The van der Waals surface area contributed by atoms with Crippen molar-refractivity contribution in [1.29, 1.82) is 5.41 Å². The highest BCUT2D eigenvalue weighted by atomic mass is 16.2. The monoisotopic (exact) mass is 411 g/mol. The second-order valence-corrected chi connectivity index (χ2v) is 9.24. The number of hydrogen-bond acceptors (Lipinski definition) is 4. The molecule has 7 nitrogen and oxygen atoms in total. The quantitative estimate of drug-likeness (QED) is 0.404. The molecule has 30 heavy (non-hydrogen) atoms. The van der Waals surface area contributed by atoms with Crippen molar-refractivity contribution in [2.75, 3.05) is 6.54 Å². The lowest BCUT2D eigenvalue weighted by Gasteiger charge is -2.31. The van der Waals surface area contributed by atoms with Gasteiger partial charge in [-0.2, -0.15) is 0 Å². The molecule has 0 spiro atoms. The van der Waals surface area contributed by atoms with Crippen LogP contribution in [0.3, 0.4) is 0 Å². The van der Waals surface area contributed by atoms with Gasteiger partial charge < -0.3 is 21.7 Å². The van der Waals surface area contributed by atoms with Crippen molar-refractivity contribution >= 4 is 17.6 Å². The summed E-state index contributed by atoms with van der Waals surface area (Å²) < 4.78 is 0. The van der Waals surface area contributed by atoms with Crippen LogP contribution < -0.4 is 16.8 Å². The highest BCUT2D eigenvalue weighted by Gasteiger charge is 2.68. The Bertz CT molecular complexity index is 817. The zero-order valence-corrected chi connectivity index (χ0v) is 17.5. The van der Waals surface area contributed by atoms with E-state index >= 15 is 0 Å². The number of likely N-dealkylation sites (tertiary alicyclic amines) is 1. The molecule has 4 rings (SSSR count). The third kappa shape index (κ3) is 3.95. The Balaban J connectivity index is 1.36. The van der Waals surface area contributed by atoms with Crippen LogP contribution in [0.1, 0.15) is 62.5 Å². The van der Waals surface area contributed by atoms with Gasteiger partial charge >= 0.3 is 0 Å². The number of amides is 2. The summed E-state index contributed by atoms with van der Waals surface area (Å²) in [4.78, 5) is 28.0. The minimum atomic E-state index is -0.694. The van der Waals surface area contributed by atoms with Crippen molar-refractivity contribution in [3.63, 3.8) is 0 Å². The van der Waals surface area contributed by atoms with E-state index in [1.807, 2.05) is 12.1 Å². The average molecular weight is 412 g/mol. The molecule has 2 saturated carbocycles. The van der Waals surface area contributed by atoms with Crippen LogP contribution in [-0.2, 0) is 16.1 Å². The van der Waals surface area contributed by atoms with E-state index < -0.39 is 11.6 Å². The first-order chi connectivity index (χ1) is 14.4. The molecule has 1 saturated heterocycles. The molecule has 0 radical (unpaired) electrons. The van der Waals surface area contributed by atoms with Crippen molar-refractivity contribution in [3.8, 4) is 0 Å². The van der Waals surface area contributed by atoms with Gasteiger partial charge in [0.05, 0.1) is 6.04 Å². The van der Waals surface area contributed by atoms with Crippen LogP contribution >= 0.6 is 0 Å². The third-order valence-electron chi connectivity index (χ3n) is 7.26. The fourth-order valence-electron chi connectivity index (χ4n) is 5.40. The van der Waals surface area contributed by atoms with Gasteiger partial charge in [0, 0.05) is 18.7 Å². The molecule has 2 amide bonds. The number of fused-ring (bicyclic) bond motifs is 1. The lowest BCUT2D eigenvalue weighted by Crippen LogP contribution is -2.54. The van der Waals surface area contributed by atoms with Gasteiger partial charge in [0.25, 0.3) is 0 Å². The summed E-state index contributed by atoms with van der Waals surface area (Å²) in [6.45, 7) is 1.02. The summed E-state index contributed by atoms with van der Waals surface area (Å²) in [5.41, 5.74) is 12.7. The minimum absolute atomic E-state index is 0.0231. The van der Waals surface area contributed by atoms with E-state index in [0.717, 1.165) is 37.7 Å². The molecule has 1 aromatic rings. The van der Waals surface area contributed by atoms with E-state index in [0.29, 0.717) is 24.6 Å². The van der Waals surface area contributed by atoms with Crippen LogP contribution in [0.15, 0.2) is 24.3 Å². The van der Waals surface area contributed by atoms with E-state index in [4.69, 9.17) is 16.9 Å². The lowest BCUT2D eigenvalue weighted by molar-refractivity contribution is -0.142. The van der Waals surface area contributed by atoms with Gasteiger partial charge in [-0.1, -0.05) is 56.4 Å². The first-order valence-electron chi connectivity index (χ1n) is 11.2. The van der Waals surface area contributed by atoms with Crippen molar-refractivity contribution in [2.24, 2.45) is 23.3 Å². The molecule has 0 unspecified atom stereocenters. The standard InChI is InChI=1S/C23H33N5O2/c24-19(12-15-4-2-1-3-5-15)21(29)28-11-10-18-13-23(18,28)22(30)27-14-16-6-8-17(9-7-16)20(25)26/h6-9,15,18-19H,1-5,10-14,24H2,(H3,25,26)(H,27,30)/t18-,19-,23+/m1/s1. The van der Waals surface area contributed by atoms with Crippen LogP contribution in [0.4, 0.5) is 0 Å². The number of carbonyl (C=O) groups excluding carboxylic acids is 2. The van der Waals surface area contributed by atoms with Crippen LogP contribution in [-0.4, -0.2) is 40.7 Å². The van der Waals surface area contributed by atoms with Gasteiger partial charge in [0.1, 0.15) is 11.4 Å². The van der Waals surface area contributed by atoms with Gasteiger partial charge in [0.2, 0.25) is 11.8 Å². The largest absolute Gasteiger partial charge is 0.384 e. The maximum atomic E-state index is 13.1. The number of nitrogens with two attached hydrogens (primary N) is 2. The predicted octanol–water partition coefficient (Wildman–Crippen LogP) is 1.88. The SMILES string of the molecule is N=C(N)c1ccc(CNC(=O)[C@]23C[C@H]2CCN3C(=O)[C@H](N)CC2CCCCC2)cc1. The summed E-state index contributed by atoms with van der Waals surface area (Å²) in [6, 6.07) is 6.76. The molecule has 0 bridgehead atoms. The highest BCUT2D eigenvalue weighted by molar-refractivity contribution is 5.97. The predicted molar refractivity (Wildman–Crippen MR) is 116 cm³/mol. The van der Waals surface area contributed by atoms with Gasteiger partial charge in [-0.3, -0.25) is 15.0 Å². The van der Waals surface area contributed by atoms with Crippen LogP contribution in [0.5, 0.6) is 0 Å². The van der Waals surface area contributed by atoms with Crippen molar-refractivity contribution in [2.45, 2.75) is 69.5 Å². The summed E-state index contributed by atoms with van der Waals surface area (Å²) in [6.07, 6.45) is 8.44. The highest BCUT2D eigenvalue weighted by Crippen LogP contribution is 2.56. The average Bonchev–Trinajstić information content (AvgIpc) is 3.37. The Labute approximate surface area is 178 Å². The summed E-state index contributed by atoms with van der Waals surface area (Å²) >= 11 is 0. The van der Waals surface area contributed by atoms with Crippen LogP contribution in [0.25, 0.3) is 0 Å². The molecule has 0 aromatic heterocycles. The maximum Gasteiger partial charge on any atom is 0.246 e. The fraction of sp³-hybridized carbons (Fsp3) is 0.609. The number of benzene rings is 1. The molecule has 2 aliphatic carbocycles. The molecule has 1 aromatic carbocycles. The van der Waals surface area contributed by atoms with Crippen molar-refractivity contribution < 1.29 is 9.59 Å². The van der Waals surface area contributed by atoms with Crippen molar-refractivity contribution in [3.05, 3.63) is 35.4 Å². The Morgan fingerprint density at radius 1 is 1.17 bits per heavy atom. The topological polar surface area (TPSA) is 125 Å². The Morgan fingerprint density at radius 2 is 1.87 bits per heavy atom. The van der Waals surface area contributed by atoms with E-state index in [9.17, 15) is 9.59 Å². The summed E-state index contributed by atoms with van der Waals surface area (Å²) in [5, 5.41) is 10.5. The normalized spacial score (nSPS) is 26.7. The number of hydrogen-bond donors (Lipinski definition) is 4. The van der Waals surface area contributed by atoms with Gasteiger partial charge in [0.15, 0.2) is 0 Å². The summed E-state index contributed by atoms with van der Waals surface area (Å²) in [7, 11) is 0. The minimum Gasteiger partial charge on any atom is -0.384 e. The van der Waals surface area contributed by atoms with Crippen LogP contribution in [0, 0.1) is 17.2 Å². The lowest BCUT2D eigenvalue weighted by atomic mass is 9.84. The van der Waals surface area contributed by atoms with E-state index in [2.05, 4.69) is 5.32 Å². The molecule has 3 aliphatic rings. The third-order valence-corrected chi connectivity index (χ3v) is 7.26. The molecular weight excluding hydrogens is 378 g/mol. The molecule has 3 fully saturated rings. The van der Waals surface area contributed by atoms with E-state index in [1.165, 1.54) is 19.3 Å². The van der Waals surface area contributed by atoms with Gasteiger partial charge in [-0.15, -0.1) is 0 Å². The number of carbonyl (C=O) groups is 2. The summed E-state index contributed by atoms with van der Waals surface area (Å²) in [5.74, 6) is 0.692. The molecule has 1 heterocycles. The Morgan fingerprint density at radius 3 is 2.50 bits per heavy atom. The number of nitrogens with one attached hydrogen (secondary N) is 2. The second-order valence-electron chi connectivity index (χ2n) is 9.24. The van der Waals surface area contributed by atoms with Crippen LogP contribution in [0.2, 0.25) is 0 Å². The molecule has 162 valence electrons. The number of nitrogens with zero attached hydrogens (tertiary/aromatic N) is 1. The number of piperidine rings is 1. The molecule has 3 atom stereocenters. The Kier molecular flexibility index (Phi) is 5.82. The van der Waals surface area contributed by atoms with Gasteiger partial charge in [-0.25, -0.2) is 0 Å². The van der Waals surface area contributed by atoms with E-state index in [-0.39, 0.29) is 23.6 Å². The maximum absolute atomic E-state index is 13.1. The van der Waals surface area contributed by atoms with E-state index in [1.54, 1.807) is 17.0 Å². The molecule has 7 heteroatoms. The second kappa shape index (κ2) is 8.38. The van der Waals surface area contributed by atoms with Gasteiger partial charge in [-0.05, 0) is 36.7 Å². The zero-order chi connectivity index (χ0) is 21.3. The first-order valence-corrected chi connectivity index (χ1v) is 11.2. The number of rotatable bonds is 7. The smallest absolute Gasteiger partial charge is 0.246 e. The number of amidine groups is 1.